The first kappa shape index (κ1) is 14.0. The Kier molecular flexibility index (Phi) is 3.98. The lowest BCUT2D eigenvalue weighted by Gasteiger charge is -2.09. The van der Waals surface area contributed by atoms with Crippen LogP contribution in [0.3, 0.4) is 0 Å². The fourth-order valence-electron chi connectivity index (χ4n) is 1.96. The summed E-state index contributed by atoms with van der Waals surface area (Å²) in [4.78, 5) is 12.1. The highest BCUT2D eigenvalue weighted by Crippen LogP contribution is 2.26. The molecule has 0 amide bonds. The lowest BCUT2D eigenvalue weighted by Crippen LogP contribution is -2.08. The minimum absolute atomic E-state index is 0.133. The van der Waals surface area contributed by atoms with Crippen LogP contribution in [0.2, 0.25) is 0 Å². The average Bonchev–Trinajstić information content (AvgIpc) is 2.37. The fourth-order valence-corrected chi connectivity index (χ4v) is 1.96. The molecule has 0 radical (unpaired) electrons. The van der Waals surface area contributed by atoms with Crippen molar-refractivity contribution in [1.29, 1.82) is 0 Å². The van der Waals surface area contributed by atoms with E-state index in [-0.39, 0.29) is 29.0 Å². The van der Waals surface area contributed by atoms with E-state index in [1.165, 1.54) is 7.11 Å². The highest BCUT2D eigenvalue weighted by Gasteiger charge is 2.14. The van der Waals surface area contributed by atoms with Gasteiger partial charge in [-0.15, -0.1) is 0 Å². The van der Waals surface area contributed by atoms with Gasteiger partial charge >= 0.3 is 0 Å². The second-order valence-corrected chi connectivity index (χ2v) is 4.30. The number of carbonyl (C=O) groups excluding carboxylic acids is 1. The molecule has 0 atom stereocenters. The number of nitrogen functional groups attached to an aromatic ring is 1. The Morgan fingerprint density at radius 3 is 2.45 bits per heavy atom. The minimum atomic E-state index is -0.716. The molecule has 0 fully saturated rings. The number of carbonyl (C=O) groups is 1. The Morgan fingerprint density at radius 2 is 1.85 bits per heavy atom. The normalized spacial score (nSPS) is 10.3. The number of hydrogen-bond donors (Lipinski definition) is 1. The second-order valence-electron chi connectivity index (χ2n) is 4.30. The van der Waals surface area contributed by atoms with Gasteiger partial charge in [0.15, 0.2) is 5.78 Å². The summed E-state index contributed by atoms with van der Waals surface area (Å²) < 4.78 is 31.2. The Labute approximate surface area is 115 Å². The number of Topliss-reactive ketones (excluding diaryl/α,β-unsaturated/α-hetero) is 1. The Balaban J connectivity index is 2.28. The van der Waals surface area contributed by atoms with Crippen LogP contribution in [0.15, 0.2) is 36.4 Å². The second kappa shape index (κ2) is 5.69. The van der Waals surface area contributed by atoms with Crippen LogP contribution in [-0.4, -0.2) is 12.9 Å². The number of halogens is 2. The van der Waals surface area contributed by atoms with Gasteiger partial charge < -0.3 is 10.5 Å². The predicted octanol–water partition coefficient (Wildman–Crippen LogP) is 2.98. The number of methoxy groups -OCH3 is 1. The molecule has 2 N–H and O–H groups in total. The molecule has 0 heterocycles. The maximum Gasteiger partial charge on any atom is 0.169 e. The average molecular weight is 277 g/mol. The van der Waals surface area contributed by atoms with Gasteiger partial charge in [-0.05, 0) is 29.8 Å². The van der Waals surface area contributed by atoms with Crippen LogP contribution in [0.25, 0.3) is 0 Å². The molecule has 0 bridgehead atoms. The maximum absolute atomic E-state index is 13.1. The van der Waals surface area contributed by atoms with E-state index in [0.29, 0.717) is 5.75 Å². The van der Waals surface area contributed by atoms with Crippen molar-refractivity contribution in [2.24, 2.45) is 0 Å². The predicted molar refractivity (Wildman–Crippen MR) is 71.8 cm³/mol. The third-order valence-corrected chi connectivity index (χ3v) is 2.87. The summed E-state index contributed by atoms with van der Waals surface area (Å²) in [6.07, 6.45) is -0.133. The van der Waals surface area contributed by atoms with E-state index >= 15 is 0 Å². The zero-order chi connectivity index (χ0) is 14.7. The molecule has 0 saturated heterocycles. The van der Waals surface area contributed by atoms with Crippen molar-refractivity contribution in [1.82, 2.24) is 0 Å². The largest absolute Gasteiger partial charge is 0.495 e. The van der Waals surface area contributed by atoms with Gasteiger partial charge in [0.2, 0.25) is 0 Å². The van der Waals surface area contributed by atoms with Gasteiger partial charge in [0.05, 0.1) is 12.8 Å². The van der Waals surface area contributed by atoms with Crippen molar-refractivity contribution in [2.75, 3.05) is 12.8 Å². The number of benzene rings is 2. The molecule has 104 valence electrons. The zero-order valence-corrected chi connectivity index (χ0v) is 10.8. The standard InChI is InChI=1S/C15H13F2NO2/c1-20-14-4-2-3-12(15(14)18)13(19)7-9-5-10(16)8-11(17)6-9/h2-6,8H,7,18H2,1H3. The number of rotatable bonds is 4. The van der Waals surface area contributed by atoms with Gasteiger partial charge in [-0.25, -0.2) is 8.78 Å². The third-order valence-electron chi connectivity index (χ3n) is 2.87. The quantitative estimate of drug-likeness (QED) is 0.690. The lowest BCUT2D eigenvalue weighted by atomic mass is 10.0. The van der Waals surface area contributed by atoms with Gasteiger partial charge in [-0.2, -0.15) is 0 Å². The van der Waals surface area contributed by atoms with Crippen molar-refractivity contribution in [3.8, 4) is 5.75 Å². The van der Waals surface area contributed by atoms with Crippen LogP contribution in [0.1, 0.15) is 15.9 Å². The molecule has 2 rings (SSSR count). The number of anilines is 1. The minimum Gasteiger partial charge on any atom is -0.495 e. The highest BCUT2D eigenvalue weighted by molar-refractivity contribution is 6.03. The molecule has 0 spiro atoms. The van der Waals surface area contributed by atoms with Crippen molar-refractivity contribution in [2.45, 2.75) is 6.42 Å². The number of para-hydroxylation sites is 1. The van der Waals surface area contributed by atoms with E-state index in [1.54, 1.807) is 18.2 Å². The first-order valence-corrected chi connectivity index (χ1v) is 5.92. The molecule has 0 saturated carbocycles. The molecule has 2 aromatic rings. The van der Waals surface area contributed by atoms with E-state index in [1.807, 2.05) is 0 Å². The SMILES string of the molecule is COc1cccc(C(=O)Cc2cc(F)cc(F)c2)c1N. The van der Waals surface area contributed by atoms with Crippen LogP contribution < -0.4 is 10.5 Å². The van der Waals surface area contributed by atoms with E-state index in [4.69, 9.17) is 10.5 Å². The summed E-state index contributed by atoms with van der Waals surface area (Å²) in [5, 5.41) is 0. The number of hydrogen-bond acceptors (Lipinski definition) is 3. The first-order chi connectivity index (χ1) is 9.51. The van der Waals surface area contributed by atoms with Gasteiger partial charge in [0.1, 0.15) is 17.4 Å². The number of nitrogens with two attached hydrogens (primary N) is 1. The molecule has 5 heteroatoms. The molecule has 20 heavy (non-hydrogen) atoms. The summed E-state index contributed by atoms with van der Waals surface area (Å²) in [6.45, 7) is 0. The van der Waals surface area contributed by atoms with Crippen LogP contribution in [-0.2, 0) is 6.42 Å². The van der Waals surface area contributed by atoms with Gasteiger partial charge in [0, 0.05) is 18.1 Å². The molecule has 0 aliphatic rings. The number of ketones is 1. The van der Waals surface area contributed by atoms with Gasteiger partial charge in [-0.3, -0.25) is 4.79 Å². The first-order valence-electron chi connectivity index (χ1n) is 5.92. The fraction of sp³-hybridized carbons (Fsp3) is 0.133. The number of ether oxygens (including phenoxy) is 1. The molecule has 2 aromatic carbocycles. The van der Waals surface area contributed by atoms with E-state index in [2.05, 4.69) is 0 Å². The monoisotopic (exact) mass is 277 g/mol. The zero-order valence-electron chi connectivity index (χ0n) is 10.8. The molecule has 0 unspecified atom stereocenters. The van der Waals surface area contributed by atoms with Crippen molar-refractivity contribution >= 4 is 11.5 Å². The van der Waals surface area contributed by atoms with E-state index in [9.17, 15) is 13.6 Å². The Morgan fingerprint density at radius 1 is 1.20 bits per heavy atom. The molecule has 0 aliphatic heterocycles. The molecular formula is C15H13F2NO2. The third kappa shape index (κ3) is 2.93. The summed E-state index contributed by atoms with van der Waals surface area (Å²) in [7, 11) is 1.45. The summed E-state index contributed by atoms with van der Waals surface area (Å²) in [6, 6.07) is 7.82. The summed E-state index contributed by atoms with van der Waals surface area (Å²) in [5.41, 5.74) is 6.56. The van der Waals surface area contributed by atoms with E-state index < -0.39 is 11.6 Å². The van der Waals surface area contributed by atoms with Crippen molar-refractivity contribution in [3.05, 3.63) is 59.2 Å². The molecular weight excluding hydrogens is 264 g/mol. The summed E-state index contributed by atoms with van der Waals surface area (Å²) in [5.74, 6) is -1.37. The molecule has 0 aliphatic carbocycles. The van der Waals surface area contributed by atoms with Crippen LogP contribution in [0, 0.1) is 11.6 Å². The van der Waals surface area contributed by atoms with Crippen LogP contribution in [0.5, 0.6) is 5.75 Å². The highest BCUT2D eigenvalue weighted by atomic mass is 19.1. The van der Waals surface area contributed by atoms with E-state index in [0.717, 1.165) is 18.2 Å². The smallest absolute Gasteiger partial charge is 0.169 e. The van der Waals surface area contributed by atoms with Gasteiger partial charge in [-0.1, -0.05) is 6.07 Å². The van der Waals surface area contributed by atoms with Gasteiger partial charge in [0.25, 0.3) is 0 Å². The van der Waals surface area contributed by atoms with Crippen LogP contribution in [0.4, 0.5) is 14.5 Å². The maximum atomic E-state index is 13.1. The summed E-state index contributed by atoms with van der Waals surface area (Å²) >= 11 is 0. The van der Waals surface area contributed by atoms with Crippen molar-refractivity contribution < 1.29 is 18.3 Å². The van der Waals surface area contributed by atoms with Crippen molar-refractivity contribution in [3.63, 3.8) is 0 Å². The topological polar surface area (TPSA) is 52.3 Å². The van der Waals surface area contributed by atoms with Crippen LogP contribution >= 0.6 is 0 Å². The Bertz CT molecular complexity index is 636. The molecule has 3 nitrogen and oxygen atoms in total. The Hall–Kier alpha value is -2.43. The molecule has 0 aromatic heterocycles. The lowest BCUT2D eigenvalue weighted by molar-refractivity contribution is 0.0993.